The van der Waals surface area contributed by atoms with Crippen LogP contribution in [0.5, 0.6) is 0 Å². The fourth-order valence-electron chi connectivity index (χ4n) is 2.43. The van der Waals surface area contributed by atoms with Gasteiger partial charge >= 0.3 is 0 Å². The Bertz CT molecular complexity index is 496. The van der Waals surface area contributed by atoms with Crippen LogP contribution < -0.4 is 5.73 Å². The second-order valence-corrected chi connectivity index (χ2v) is 4.12. The summed E-state index contributed by atoms with van der Waals surface area (Å²) in [5, 5.41) is 1.36. The quantitative estimate of drug-likeness (QED) is 0.672. The number of aryl methyl sites for hydroxylation is 2. The number of fused-ring (bicyclic) bond motifs is 3. The molecule has 2 heteroatoms. The van der Waals surface area contributed by atoms with E-state index < -0.39 is 0 Å². The standard InChI is InChI=1S/C12H14N2/c1-8-3-2-4-11-9(8)7-12-10(13)5-6-14(11)12/h2-4,7,10H,5-6,13H2,1H3. The lowest BCUT2D eigenvalue weighted by molar-refractivity contribution is 0.691. The molecule has 3 rings (SSSR count). The second-order valence-electron chi connectivity index (χ2n) is 4.12. The van der Waals surface area contributed by atoms with Gasteiger partial charge in [-0.05, 0) is 31.0 Å². The molecule has 0 saturated carbocycles. The van der Waals surface area contributed by atoms with E-state index in [1.165, 1.54) is 22.2 Å². The van der Waals surface area contributed by atoms with Crippen molar-refractivity contribution < 1.29 is 0 Å². The summed E-state index contributed by atoms with van der Waals surface area (Å²) in [7, 11) is 0. The molecule has 0 radical (unpaired) electrons. The first-order valence-corrected chi connectivity index (χ1v) is 5.12. The van der Waals surface area contributed by atoms with Gasteiger partial charge in [0.1, 0.15) is 0 Å². The molecule has 1 aromatic heterocycles. The lowest BCUT2D eigenvalue weighted by Gasteiger charge is -2.00. The molecule has 2 nitrogen and oxygen atoms in total. The summed E-state index contributed by atoms with van der Waals surface area (Å²) in [5.41, 5.74) is 10.0. The second kappa shape index (κ2) is 2.61. The number of nitrogens with zero attached hydrogens (tertiary/aromatic N) is 1. The van der Waals surface area contributed by atoms with Crippen LogP contribution in [0.3, 0.4) is 0 Å². The van der Waals surface area contributed by atoms with Crippen molar-refractivity contribution in [3.8, 4) is 0 Å². The SMILES string of the molecule is Cc1cccc2c1cc1n2CCC1N. The van der Waals surface area contributed by atoms with Gasteiger partial charge < -0.3 is 10.3 Å². The highest BCUT2D eigenvalue weighted by Gasteiger charge is 2.21. The smallest absolute Gasteiger partial charge is 0.0485 e. The molecule has 2 N–H and O–H groups in total. The Labute approximate surface area is 83.3 Å². The normalized spacial score (nSPS) is 20.3. The van der Waals surface area contributed by atoms with Crippen LogP contribution in [0.15, 0.2) is 24.3 Å². The third-order valence-corrected chi connectivity index (χ3v) is 3.24. The Morgan fingerprint density at radius 2 is 2.29 bits per heavy atom. The molecule has 1 atom stereocenters. The van der Waals surface area contributed by atoms with E-state index in [0.717, 1.165) is 13.0 Å². The van der Waals surface area contributed by atoms with Gasteiger partial charge in [0.25, 0.3) is 0 Å². The molecule has 0 saturated heterocycles. The largest absolute Gasteiger partial charge is 0.343 e. The Hall–Kier alpha value is -1.28. The maximum atomic E-state index is 6.04. The van der Waals surface area contributed by atoms with E-state index in [1.807, 2.05) is 0 Å². The minimum absolute atomic E-state index is 0.238. The van der Waals surface area contributed by atoms with Crippen molar-refractivity contribution in [1.29, 1.82) is 0 Å². The molecule has 0 amide bonds. The van der Waals surface area contributed by atoms with Crippen LogP contribution >= 0.6 is 0 Å². The number of nitrogens with two attached hydrogens (primary N) is 1. The summed E-state index contributed by atoms with van der Waals surface area (Å²) in [6.45, 7) is 3.23. The molecule has 0 spiro atoms. The number of hydrogen-bond donors (Lipinski definition) is 1. The third kappa shape index (κ3) is 0.891. The molecule has 1 aromatic carbocycles. The Balaban J connectivity index is 2.40. The zero-order chi connectivity index (χ0) is 9.71. The average molecular weight is 186 g/mol. The highest BCUT2D eigenvalue weighted by molar-refractivity contribution is 5.85. The van der Waals surface area contributed by atoms with E-state index in [1.54, 1.807) is 0 Å². The molecule has 0 bridgehead atoms. The number of hydrogen-bond acceptors (Lipinski definition) is 1. The zero-order valence-corrected chi connectivity index (χ0v) is 8.33. The number of rotatable bonds is 0. The van der Waals surface area contributed by atoms with Crippen molar-refractivity contribution in [3.63, 3.8) is 0 Å². The first-order valence-electron chi connectivity index (χ1n) is 5.12. The Morgan fingerprint density at radius 3 is 3.14 bits per heavy atom. The fourth-order valence-corrected chi connectivity index (χ4v) is 2.43. The maximum Gasteiger partial charge on any atom is 0.0485 e. The molecule has 2 aromatic rings. The van der Waals surface area contributed by atoms with Crippen LogP contribution in [0.4, 0.5) is 0 Å². The summed E-state index contributed by atoms with van der Waals surface area (Å²) in [6.07, 6.45) is 1.08. The minimum atomic E-state index is 0.238. The summed E-state index contributed by atoms with van der Waals surface area (Å²) >= 11 is 0. The molecule has 1 unspecified atom stereocenters. The lowest BCUT2D eigenvalue weighted by Crippen LogP contribution is -2.04. The van der Waals surface area contributed by atoms with E-state index >= 15 is 0 Å². The first-order chi connectivity index (χ1) is 6.77. The molecule has 0 aliphatic carbocycles. The van der Waals surface area contributed by atoms with Gasteiger partial charge in [0, 0.05) is 29.2 Å². The summed E-state index contributed by atoms with van der Waals surface area (Å²) in [4.78, 5) is 0. The maximum absolute atomic E-state index is 6.04. The molecule has 14 heavy (non-hydrogen) atoms. The van der Waals surface area contributed by atoms with Crippen LogP contribution in [0, 0.1) is 6.92 Å². The van der Waals surface area contributed by atoms with Gasteiger partial charge in [-0.3, -0.25) is 0 Å². The van der Waals surface area contributed by atoms with E-state index in [4.69, 9.17) is 5.73 Å². The van der Waals surface area contributed by atoms with Crippen LogP contribution in [0.25, 0.3) is 10.9 Å². The van der Waals surface area contributed by atoms with Gasteiger partial charge in [0.15, 0.2) is 0 Å². The number of aromatic nitrogens is 1. The van der Waals surface area contributed by atoms with E-state index in [0.29, 0.717) is 0 Å². The van der Waals surface area contributed by atoms with Crippen molar-refractivity contribution >= 4 is 10.9 Å². The zero-order valence-electron chi connectivity index (χ0n) is 8.33. The molecule has 0 fully saturated rings. The van der Waals surface area contributed by atoms with Gasteiger partial charge in [-0.1, -0.05) is 12.1 Å². The molecule has 2 heterocycles. The van der Waals surface area contributed by atoms with Crippen molar-refractivity contribution in [2.24, 2.45) is 5.73 Å². The van der Waals surface area contributed by atoms with Crippen LogP contribution in [0.1, 0.15) is 23.7 Å². The summed E-state index contributed by atoms with van der Waals surface area (Å²) in [6, 6.07) is 8.95. The van der Waals surface area contributed by atoms with E-state index in [2.05, 4.69) is 35.8 Å². The van der Waals surface area contributed by atoms with Crippen LogP contribution in [0.2, 0.25) is 0 Å². The average Bonchev–Trinajstić information content (AvgIpc) is 2.69. The van der Waals surface area contributed by atoms with E-state index in [-0.39, 0.29) is 6.04 Å². The van der Waals surface area contributed by atoms with Gasteiger partial charge in [-0.2, -0.15) is 0 Å². The van der Waals surface area contributed by atoms with Crippen molar-refractivity contribution in [3.05, 3.63) is 35.5 Å². The molecular weight excluding hydrogens is 172 g/mol. The van der Waals surface area contributed by atoms with Gasteiger partial charge in [-0.15, -0.1) is 0 Å². The molecular formula is C12H14N2. The molecule has 1 aliphatic heterocycles. The summed E-state index contributed by atoms with van der Waals surface area (Å²) < 4.78 is 2.35. The van der Waals surface area contributed by atoms with Crippen LogP contribution in [-0.2, 0) is 6.54 Å². The van der Waals surface area contributed by atoms with E-state index in [9.17, 15) is 0 Å². The highest BCUT2D eigenvalue weighted by atomic mass is 15.0. The Kier molecular flexibility index (Phi) is 1.50. The van der Waals surface area contributed by atoms with Gasteiger partial charge in [0.2, 0.25) is 0 Å². The summed E-state index contributed by atoms with van der Waals surface area (Å²) in [5.74, 6) is 0. The molecule has 72 valence electrons. The Morgan fingerprint density at radius 1 is 1.43 bits per heavy atom. The topological polar surface area (TPSA) is 30.9 Å². The monoisotopic (exact) mass is 186 g/mol. The fraction of sp³-hybridized carbons (Fsp3) is 0.333. The van der Waals surface area contributed by atoms with Crippen molar-refractivity contribution in [1.82, 2.24) is 4.57 Å². The predicted octanol–water partition coefficient (Wildman–Crippen LogP) is 2.35. The van der Waals surface area contributed by atoms with Crippen LogP contribution in [-0.4, -0.2) is 4.57 Å². The van der Waals surface area contributed by atoms with Gasteiger partial charge in [-0.25, -0.2) is 0 Å². The highest BCUT2D eigenvalue weighted by Crippen LogP contribution is 2.32. The lowest BCUT2D eigenvalue weighted by atomic mass is 10.1. The molecule has 1 aliphatic rings. The minimum Gasteiger partial charge on any atom is -0.343 e. The third-order valence-electron chi connectivity index (χ3n) is 3.24. The van der Waals surface area contributed by atoms with Crippen molar-refractivity contribution in [2.75, 3.05) is 0 Å². The number of benzene rings is 1. The van der Waals surface area contributed by atoms with Crippen molar-refractivity contribution in [2.45, 2.75) is 25.9 Å². The first kappa shape index (κ1) is 8.06. The predicted molar refractivity (Wildman–Crippen MR) is 58.2 cm³/mol. The van der Waals surface area contributed by atoms with Gasteiger partial charge in [0.05, 0.1) is 0 Å².